The standard InChI is InChI=1S/C13H17ClN4O/c1-2-3-8-19-13(9-18-10-15-16-17-18)11-4-6-12(14)7-5-11/h4-7,9-10,16-17H,2-3,8H2,1H3. The van der Waals surface area contributed by atoms with Crippen LogP contribution in [0, 0.1) is 0 Å². The number of halogens is 1. The first-order valence-corrected chi connectivity index (χ1v) is 6.60. The highest BCUT2D eigenvalue weighted by atomic mass is 35.5. The first-order valence-electron chi connectivity index (χ1n) is 6.22. The molecule has 1 aliphatic rings. The largest absolute Gasteiger partial charge is 0.491 e. The van der Waals surface area contributed by atoms with Gasteiger partial charge in [-0.3, -0.25) is 0 Å². The minimum atomic E-state index is 0.684. The fraction of sp³-hybridized carbons (Fsp3) is 0.308. The molecule has 1 aromatic rings. The van der Waals surface area contributed by atoms with Gasteiger partial charge in [-0.1, -0.05) is 24.9 Å². The van der Waals surface area contributed by atoms with Crippen molar-refractivity contribution in [3.8, 4) is 0 Å². The average molecular weight is 281 g/mol. The second kappa shape index (κ2) is 7.01. The van der Waals surface area contributed by atoms with Crippen LogP contribution in [-0.4, -0.2) is 18.0 Å². The molecule has 2 N–H and O–H groups in total. The summed E-state index contributed by atoms with van der Waals surface area (Å²) in [7, 11) is 0. The van der Waals surface area contributed by atoms with Crippen LogP contribution in [0.25, 0.3) is 5.76 Å². The fourth-order valence-electron chi connectivity index (χ4n) is 1.53. The van der Waals surface area contributed by atoms with Gasteiger partial charge >= 0.3 is 0 Å². The van der Waals surface area contributed by atoms with Gasteiger partial charge in [-0.25, -0.2) is 10.5 Å². The molecule has 102 valence electrons. The van der Waals surface area contributed by atoms with Crippen molar-refractivity contribution in [2.75, 3.05) is 6.61 Å². The molecule has 0 amide bonds. The third-order valence-electron chi connectivity index (χ3n) is 2.57. The van der Waals surface area contributed by atoms with Crippen LogP contribution >= 0.6 is 11.6 Å². The van der Waals surface area contributed by atoms with Crippen LogP contribution in [-0.2, 0) is 4.74 Å². The summed E-state index contributed by atoms with van der Waals surface area (Å²) >= 11 is 5.90. The maximum atomic E-state index is 5.90. The SMILES string of the molecule is CCCCOC(=CN1C=NNN1)c1ccc(Cl)cc1. The maximum Gasteiger partial charge on any atom is 0.144 e. The summed E-state index contributed by atoms with van der Waals surface area (Å²) in [6.07, 6.45) is 5.57. The van der Waals surface area contributed by atoms with Gasteiger partial charge in [-0.05, 0) is 30.7 Å². The molecule has 0 aliphatic carbocycles. The third kappa shape index (κ3) is 4.15. The molecule has 19 heavy (non-hydrogen) atoms. The van der Waals surface area contributed by atoms with Crippen molar-refractivity contribution >= 4 is 23.7 Å². The Hall–Kier alpha value is -1.72. The van der Waals surface area contributed by atoms with E-state index in [1.54, 1.807) is 11.3 Å². The second-order valence-corrected chi connectivity index (χ2v) is 4.51. The molecule has 0 spiro atoms. The molecule has 0 bridgehead atoms. The normalized spacial score (nSPS) is 14.6. The van der Waals surface area contributed by atoms with Crippen LogP contribution in [0.4, 0.5) is 0 Å². The van der Waals surface area contributed by atoms with Gasteiger partial charge in [0.2, 0.25) is 0 Å². The fourth-order valence-corrected chi connectivity index (χ4v) is 1.66. The Morgan fingerprint density at radius 1 is 1.42 bits per heavy atom. The number of nitrogens with zero attached hydrogens (tertiary/aromatic N) is 2. The minimum Gasteiger partial charge on any atom is -0.491 e. The van der Waals surface area contributed by atoms with Crippen molar-refractivity contribution in [3.63, 3.8) is 0 Å². The molecule has 0 atom stereocenters. The van der Waals surface area contributed by atoms with Gasteiger partial charge in [0.15, 0.2) is 0 Å². The zero-order chi connectivity index (χ0) is 13.5. The molecule has 0 unspecified atom stereocenters. The highest BCUT2D eigenvalue weighted by Gasteiger charge is 2.08. The molecular formula is C13H17ClN4O. The summed E-state index contributed by atoms with van der Waals surface area (Å²) < 4.78 is 5.82. The van der Waals surface area contributed by atoms with E-state index in [0.29, 0.717) is 11.6 Å². The van der Waals surface area contributed by atoms with Gasteiger partial charge in [0.1, 0.15) is 12.1 Å². The highest BCUT2D eigenvalue weighted by molar-refractivity contribution is 6.30. The monoisotopic (exact) mass is 280 g/mol. The number of hydrazone groups is 1. The summed E-state index contributed by atoms with van der Waals surface area (Å²) in [6, 6.07) is 7.55. The van der Waals surface area contributed by atoms with Crippen LogP contribution in [0.5, 0.6) is 0 Å². The molecule has 1 heterocycles. The highest BCUT2D eigenvalue weighted by Crippen LogP contribution is 2.19. The molecule has 2 rings (SSSR count). The van der Waals surface area contributed by atoms with Crippen molar-refractivity contribution in [1.82, 2.24) is 16.1 Å². The number of hydrogen-bond acceptors (Lipinski definition) is 5. The number of hydrazine groups is 2. The number of ether oxygens (including phenoxy) is 1. The summed E-state index contributed by atoms with van der Waals surface area (Å²) in [4.78, 5) is 0. The number of unbranched alkanes of at least 4 members (excludes halogenated alkanes) is 1. The minimum absolute atomic E-state index is 0.684. The van der Waals surface area contributed by atoms with Gasteiger partial charge in [0, 0.05) is 10.6 Å². The lowest BCUT2D eigenvalue weighted by Gasteiger charge is -2.14. The summed E-state index contributed by atoms with van der Waals surface area (Å²) in [5.74, 6) is 0.771. The van der Waals surface area contributed by atoms with Crippen LogP contribution < -0.4 is 11.1 Å². The van der Waals surface area contributed by atoms with E-state index in [1.807, 2.05) is 30.5 Å². The lowest BCUT2D eigenvalue weighted by Crippen LogP contribution is -2.33. The van der Waals surface area contributed by atoms with Crippen molar-refractivity contribution in [2.24, 2.45) is 5.10 Å². The predicted molar refractivity (Wildman–Crippen MR) is 76.9 cm³/mol. The van der Waals surface area contributed by atoms with E-state index in [1.165, 1.54) is 0 Å². The van der Waals surface area contributed by atoms with Gasteiger partial charge in [-0.15, -0.1) is 5.53 Å². The van der Waals surface area contributed by atoms with E-state index < -0.39 is 0 Å². The zero-order valence-corrected chi connectivity index (χ0v) is 11.5. The quantitative estimate of drug-likeness (QED) is 0.621. The number of hydrogen-bond donors (Lipinski definition) is 2. The Labute approximate surface area is 117 Å². The van der Waals surface area contributed by atoms with Crippen LogP contribution in [0.2, 0.25) is 5.02 Å². The van der Waals surface area contributed by atoms with Gasteiger partial charge in [-0.2, -0.15) is 5.10 Å². The predicted octanol–water partition coefficient (Wildman–Crippen LogP) is 2.72. The zero-order valence-electron chi connectivity index (χ0n) is 10.8. The van der Waals surface area contributed by atoms with Crippen molar-refractivity contribution in [1.29, 1.82) is 0 Å². The van der Waals surface area contributed by atoms with Gasteiger partial charge < -0.3 is 4.74 Å². The van der Waals surface area contributed by atoms with Crippen LogP contribution in [0.3, 0.4) is 0 Å². The molecule has 6 heteroatoms. The molecule has 0 saturated heterocycles. The first-order chi connectivity index (χ1) is 9.29. The summed E-state index contributed by atoms with van der Waals surface area (Å²) in [5.41, 5.74) is 6.44. The average Bonchev–Trinajstić information content (AvgIpc) is 2.92. The summed E-state index contributed by atoms with van der Waals surface area (Å²) in [6.45, 7) is 2.82. The summed E-state index contributed by atoms with van der Waals surface area (Å²) in [5, 5.41) is 6.24. The Bertz CT molecular complexity index is 458. The Balaban J connectivity index is 2.12. The number of benzene rings is 1. The van der Waals surface area contributed by atoms with E-state index in [9.17, 15) is 0 Å². The molecular weight excluding hydrogens is 264 g/mol. The van der Waals surface area contributed by atoms with E-state index in [-0.39, 0.29) is 0 Å². The smallest absolute Gasteiger partial charge is 0.144 e. The van der Waals surface area contributed by atoms with Crippen molar-refractivity contribution < 1.29 is 4.74 Å². The van der Waals surface area contributed by atoms with Gasteiger partial charge in [0.25, 0.3) is 0 Å². The Morgan fingerprint density at radius 3 is 2.84 bits per heavy atom. The van der Waals surface area contributed by atoms with E-state index in [2.05, 4.69) is 23.1 Å². The molecule has 0 aromatic heterocycles. The number of nitrogens with one attached hydrogen (secondary N) is 2. The van der Waals surface area contributed by atoms with Gasteiger partial charge in [0.05, 0.1) is 12.8 Å². The lowest BCUT2D eigenvalue weighted by atomic mass is 10.2. The third-order valence-corrected chi connectivity index (χ3v) is 2.82. The van der Waals surface area contributed by atoms with Crippen LogP contribution in [0.15, 0.2) is 35.6 Å². The molecule has 0 fully saturated rings. The molecule has 1 aliphatic heterocycles. The van der Waals surface area contributed by atoms with E-state index in [4.69, 9.17) is 16.3 Å². The van der Waals surface area contributed by atoms with E-state index in [0.717, 1.165) is 24.2 Å². The molecule has 5 nitrogen and oxygen atoms in total. The second-order valence-electron chi connectivity index (χ2n) is 4.08. The molecule has 0 radical (unpaired) electrons. The maximum absolute atomic E-state index is 5.90. The van der Waals surface area contributed by atoms with Crippen molar-refractivity contribution in [2.45, 2.75) is 19.8 Å². The van der Waals surface area contributed by atoms with E-state index >= 15 is 0 Å². The Morgan fingerprint density at radius 2 is 2.21 bits per heavy atom. The first kappa shape index (κ1) is 13.7. The Kier molecular flexibility index (Phi) is 5.06. The van der Waals surface area contributed by atoms with Crippen molar-refractivity contribution in [3.05, 3.63) is 41.1 Å². The molecule has 1 aromatic carbocycles. The number of rotatable bonds is 6. The molecule has 0 saturated carbocycles. The van der Waals surface area contributed by atoms with Crippen LogP contribution in [0.1, 0.15) is 25.3 Å². The lowest BCUT2D eigenvalue weighted by molar-refractivity contribution is 0.262. The topological polar surface area (TPSA) is 48.9 Å².